The molecule has 20 heavy (non-hydrogen) atoms. The van der Waals surface area contributed by atoms with Gasteiger partial charge < -0.3 is 5.32 Å². The molecule has 1 aromatic heterocycles. The first-order chi connectivity index (χ1) is 9.76. The summed E-state index contributed by atoms with van der Waals surface area (Å²) in [7, 11) is 1.99. The van der Waals surface area contributed by atoms with Crippen molar-refractivity contribution in [2.24, 2.45) is 0 Å². The van der Waals surface area contributed by atoms with E-state index in [1.807, 2.05) is 13.1 Å². The van der Waals surface area contributed by atoms with E-state index in [2.05, 4.69) is 48.6 Å². The Balaban J connectivity index is 1.95. The van der Waals surface area contributed by atoms with Crippen molar-refractivity contribution in [1.29, 1.82) is 0 Å². The maximum atomic E-state index is 4.74. The van der Waals surface area contributed by atoms with Crippen LogP contribution in [0, 0.1) is 6.92 Å². The van der Waals surface area contributed by atoms with Crippen molar-refractivity contribution >= 4 is 21.6 Å². The second-order valence-electron chi connectivity index (χ2n) is 5.05. The van der Waals surface area contributed by atoms with E-state index in [4.69, 9.17) is 4.98 Å². The van der Waals surface area contributed by atoms with Crippen LogP contribution in [0.1, 0.15) is 21.7 Å². The summed E-state index contributed by atoms with van der Waals surface area (Å²) in [5.74, 6) is 0. The fraction of sp³-hybridized carbons (Fsp3) is 0.235. The van der Waals surface area contributed by atoms with Crippen LogP contribution in [0.5, 0.6) is 0 Å². The van der Waals surface area contributed by atoms with Crippen molar-refractivity contribution in [3.05, 3.63) is 64.2 Å². The fourth-order valence-electron chi connectivity index (χ4n) is 2.44. The molecule has 0 saturated carbocycles. The third-order valence-corrected chi connectivity index (χ3v) is 4.45. The van der Waals surface area contributed by atoms with Crippen molar-refractivity contribution in [3.8, 4) is 0 Å². The van der Waals surface area contributed by atoms with Gasteiger partial charge in [-0.25, -0.2) is 4.98 Å². The zero-order valence-corrected chi connectivity index (χ0v) is 12.6. The second-order valence-corrected chi connectivity index (χ2v) is 6.17. The highest BCUT2D eigenvalue weighted by molar-refractivity contribution is 7.18. The number of nitrogens with zero attached hydrogens (tertiary/aromatic N) is 1. The molecule has 0 fully saturated rings. The minimum Gasteiger partial charge on any atom is -0.316 e. The molecule has 3 heteroatoms. The number of rotatable bonds is 4. The van der Waals surface area contributed by atoms with Crippen LogP contribution in [0.15, 0.2) is 42.5 Å². The molecule has 0 unspecified atom stereocenters. The zero-order valence-electron chi connectivity index (χ0n) is 11.8. The Labute approximate surface area is 123 Å². The van der Waals surface area contributed by atoms with Crippen LogP contribution in [0.25, 0.3) is 10.2 Å². The SMILES string of the molecule is CNCc1ccc(C)cc1Cc1nc2ccccc2s1. The number of hydrogen-bond donors (Lipinski definition) is 1. The molecule has 0 aliphatic carbocycles. The molecule has 0 aliphatic heterocycles. The largest absolute Gasteiger partial charge is 0.316 e. The minimum absolute atomic E-state index is 0.903. The Kier molecular flexibility index (Phi) is 3.81. The number of nitrogens with one attached hydrogen (secondary N) is 1. The van der Waals surface area contributed by atoms with Crippen LogP contribution in [0.3, 0.4) is 0 Å². The molecule has 0 radical (unpaired) electrons. The summed E-state index contributed by atoms with van der Waals surface area (Å²) in [5.41, 5.74) is 5.15. The summed E-state index contributed by atoms with van der Waals surface area (Å²) in [5, 5.41) is 4.43. The second kappa shape index (κ2) is 5.73. The first-order valence-corrected chi connectivity index (χ1v) is 7.65. The van der Waals surface area contributed by atoms with Gasteiger partial charge in [0.2, 0.25) is 0 Å². The topological polar surface area (TPSA) is 24.9 Å². The van der Waals surface area contributed by atoms with E-state index in [-0.39, 0.29) is 0 Å². The van der Waals surface area contributed by atoms with E-state index in [1.54, 1.807) is 11.3 Å². The molecule has 0 bridgehead atoms. The van der Waals surface area contributed by atoms with E-state index in [1.165, 1.54) is 26.4 Å². The zero-order chi connectivity index (χ0) is 13.9. The van der Waals surface area contributed by atoms with Gasteiger partial charge in [-0.15, -0.1) is 11.3 Å². The quantitative estimate of drug-likeness (QED) is 0.784. The third-order valence-electron chi connectivity index (χ3n) is 3.41. The number of benzene rings is 2. The van der Waals surface area contributed by atoms with Gasteiger partial charge in [0.15, 0.2) is 0 Å². The summed E-state index contributed by atoms with van der Waals surface area (Å²) < 4.78 is 1.27. The van der Waals surface area contributed by atoms with Crippen LogP contribution < -0.4 is 5.32 Å². The number of aromatic nitrogens is 1. The number of fused-ring (bicyclic) bond motifs is 1. The third kappa shape index (κ3) is 2.74. The van der Waals surface area contributed by atoms with Crippen molar-refractivity contribution < 1.29 is 0 Å². The molecule has 3 rings (SSSR count). The standard InChI is InChI=1S/C17H18N2S/c1-12-7-8-13(11-18-2)14(9-12)10-17-19-15-5-3-4-6-16(15)20-17/h3-9,18H,10-11H2,1-2H3. The van der Waals surface area contributed by atoms with Gasteiger partial charge in [0.25, 0.3) is 0 Å². The average Bonchev–Trinajstić information content (AvgIpc) is 2.84. The number of thiazole rings is 1. The Bertz CT molecular complexity index is 698. The van der Waals surface area contributed by atoms with Crippen molar-refractivity contribution in [3.63, 3.8) is 0 Å². The Morgan fingerprint density at radius 1 is 1.10 bits per heavy atom. The van der Waals surface area contributed by atoms with Crippen LogP contribution in [-0.2, 0) is 13.0 Å². The van der Waals surface area contributed by atoms with Gasteiger partial charge in [0.1, 0.15) is 0 Å². The van der Waals surface area contributed by atoms with Crippen LogP contribution in [0.2, 0.25) is 0 Å². The van der Waals surface area contributed by atoms with E-state index < -0.39 is 0 Å². The number of para-hydroxylation sites is 1. The summed E-state index contributed by atoms with van der Waals surface area (Å²) in [6.07, 6.45) is 0.915. The van der Waals surface area contributed by atoms with Gasteiger partial charge in [-0.05, 0) is 37.2 Å². The minimum atomic E-state index is 0.903. The van der Waals surface area contributed by atoms with E-state index in [9.17, 15) is 0 Å². The highest BCUT2D eigenvalue weighted by atomic mass is 32.1. The summed E-state index contributed by atoms with van der Waals surface area (Å²) in [6, 6.07) is 15.0. The van der Waals surface area contributed by atoms with Crippen molar-refractivity contribution in [1.82, 2.24) is 10.3 Å². The summed E-state index contributed by atoms with van der Waals surface area (Å²) in [6.45, 7) is 3.05. The molecule has 2 aromatic carbocycles. The molecular formula is C17H18N2S. The average molecular weight is 282 g/mol. The highest BCUT2D eigenvalue weighted by Gasteiger charge is 2.08. The molecule has 2 nitrogen and oxygen atoms in total. The normalized spacial score (nSPS) is 11.1. The lowest BCUT2D eigenvalue weighted by atomic mass is 10.0. The highest BCUT2D eigenvalue weighted by Crippen LogP contribution is 2.25. The fourth-order valence-corrected chi connectivity index (χ4v) is 3.43. The smallest absolute Gasteiger partial charge is 0.0982 e. The predicted molar refractivity (Wildman–Crippen MR) is 86.4 cm³/mol. The molecule has 0 amide bonds. The van der Waals surface area contributed by atoms with Crippen LogP contribution in [0.4, 0.5) is 0 Å². The molecule has 3 aromatic rings. The van der Waals surface area contributed by atoms with Gasteiger partial charge in [0, 0.05) is 13.0 Å². The van der Waals surface area contributed by atoms with Gasteiger partial charge in [0.05, 0.1) is 15.2 Å². The number of hydrogen-bond acceptors (Lipinski definition) is 3. The van der Waals surface area contributed by atoms with E-state index in [0.717, 1.165) is 18.5 Å². The monoisotopic (exact) mass is 282 g/mol. The molecule has 102 valence electrons. The molecule has 1 N–H and O–H groups in total. The lowest BCUT2D eigenvalue weighted by Gasteiger charge is -2.09. The maximum absolute atomic E-state index is 4.74. The van der Waals surface area contributed by atoms with Gasteiger partial charge in [-0.1, -0.05) is 35.9 Å². The Hall–Kier alpha value is -1.71. The molecule has 0 aliphatic rings. The van der Waals surface area contributed by atoms with Gasteiger partial charge in [-0.3, -0.25) is 0 Å². The first kappa shape index (κ1) is 13.3. The molecular weight excluding hydrogens is 264 g/mol. The van der Waals surface area contributed by atoms with Gasteiger partial charge in [-0.2, -0.15) is 0 Å². The first-order valence-electron chi connectivity index (χ1n) is 6.84. The Morgan fingerprint density at radius 2 is 1.95 bits per heavy atom. The van der Waals surface area contributed by atoms with Crippen LogP contribution in [-0.4, -0.2) is 12.0 Å². The van der Waals surface area contributed by atoms with E-state index in [0.29, 0.717) is 0 Å². The molecule has 0 spiro atoms. The molecule has 0 atom stereocenters. The Morgan fingerprint density at radius 3 is 2.75 bits per heavy atom. The van der Waals surface area contributed by atoms with E-state index >= 15 is 0 Å². The lowest BCUT2D eigenvalue weighted by molar-refractivity contribution is 0.807. The lowest BCUT2D eigenvalue weighted by Crippen LogP contribution is -2.08. The van der Waals surface area contributed by atoms with Crippen LogP contribution >= 0.6 is 11.3 Å². The summed E-state index contributed by atoms with van der Waals surface area (Å²) >= 11 is 1.79. The van der Waals surface area contributed by atoms with Crippen molar-refractivity contribution in [2.75, 3.05) is 7.05 Å². The molecule has 0 saturated heterocycles. The number of aryl methyl sites for hydroxylation is 1. The molecule has 1 heterocycles. The maximum Gasteiger partial charge on any atom is 0.0982 e. The summed E-state index contributed by atoms with van der Waals surface area (Å²) in [4.78, 5) is 4.74. The van der Waals surface area contributed by atoms with Crippen molar-refractivity contribution in [2.45, 2.75) is 19.9 Å². The predicted octanol–water partition coefficient (Wildman–Crippen LogP) is 3.91. The van der Waals surface area contributed by atoms with Gasteiger partial charge >= 0.3 is 0 Å².